The van der Waals surface area contributed by atoms with Crippen molar-refractivity contribution in [2.45, 2.75) is 51.9 Å². The highest BCUT2D eigenvalue weighted by Crippen LogP contribution is 2.63. The molecule has 2 heterocycles. The van der Waals surface area contributed by atoms with Crippen LogP contribution in [0.1, 0.15) is 40.0 Å². The van der Waals surface area contributed by atoms with E-state index in [0.717, 1.165) is 12.8 Å². The average molecular weight is 322 g/mol. The van der Waals surface area contributed by atoms with Crippen LogP contribution in [0.5, 0.6) is 0 Å². The summed E-state index contributed by atoms with van der Waals surface area (Å²) in [6.45, 7) is 6.73. The first-order valence-corrected chi connectivity index (χ1v) is 8.41. The lowest BCUT2D eigenvalue weighted by Gasteiger charge is -2.51. The second-order valence-electron chi connectivity index (χ2n) is 7.56. The molecule has 0 bridgehead atoms. The summed E-state index contributed by atoms with van der Waals surface area (Å²) in [5, 5.41) is 0. The molecule has 0 N–H and O–H groups in total. The number of ketones is 1. The van der Waals surface area contributed by atoms with E-state index in [-0.39, 0.29) is 35.2 Å². The summed E-state index contributed by atoms with van der Waals surface area (Å²) in [5.41, 5.74) is -0.637. The van der Waals surface area contributed by atoms with Crippen LogP contribution in [0.4, 0.5) is 0 Å². The van der Waals surface area contributed by atoms with Gasteiger partial charge in [-0.15, -0.1) is 0 Å². The predicted molar refractivity (Wildman–Crippen MR) is 83.5 cm³/mol. The van der Waals surface area contributed by atoms with Gasteiger partial charge in [0.15, 0.2) is 6.29 Å². The molecule has 5 nitrogen and oxygen atoms in total. The van der Waals surface area contributed by atoms with Crippen molar-refractivity contribution in [1.29, 1.82) is 0 Å². The molecule has 128 valence electrons. The topological polar surface area (TPSA) is 61.8 Å². The normalized spacial score (nSPS) is 42.3. The van der Waals surface area contributed by atoms with E-state index >= 15 is 0 Å². The Morgan fingerprint density at radius 2 is 2.13 bits per heavy atom. The lowest BCUT2D eigenvalue weighted by Crippen LogP contribution is -2.55. The number of Topliss-reactive ketones (excluding diaryl/α,β-unsaturated/α-hetero) is 1. The minimum absolute atomic E-state index is 0.0695. The zero-order chi connectivity index (χ0) is 16.8. The number of carbonyl (C=O) groups is 2. The Balaban J connectivity index is 2.05. The summed E-state index contributed by atoms with van der Waals surface area (Å²) < 4.78 is 16.9. The maximum absolute atomic E-state index is 12.6. The molecule has 5 atom stereocenters. The van der Waals surface area contributed by atoms with E-state index in [1.807, 2.05) is 26.8 Å². The van der Waals surface area contributed by atoms with Crippen LogP contribution in [0.3, 0.4) is 0 Å². The molecule has 0 amide bonds. The predicted octanol–water partition coefficient (Wildman–Crippen LogP) is 2.49. The van der Waals surface area contributed by atoms with Crippen molar-refractivity contribution in [3.8, 4) is 0 Å². The molecule has 2 aliphatic heterocycles. The number of allylic oxidation sites excluding steroid dienone is 1. The summed E-state index contributed by atoms with van der Waals surface area (Å²) in [4.78, 5) is 24.1. The van der Waals surface area contributed by atoms with Gasteiger partial charge >= 0.3 is 5.97 Å². The Morgan fingerprint density at radius 1 is 1.39 bits per heavy atom. The smallest absolute Gasteiger partial charge is 0.330 e. The molecule has 0 aromatic rings. The Labute approximate surface area is 137 Å². The minimum Gasteiger partial charge on any atom is -0.466 e. The van der Waals surface area contributed by atoms with Gasteiger partial charge in [0.25, 0.3) is 0 Å². The van der Waals surface area contributed by atoms with Gasteiger partial charge in [-0.2, -0.15) is 0 Å². The molecule has 1 saturated carbocycles. The molecular weight excluding hydrogens is 296 g/mol. The van der Waals surface area contributed by atoms with E-state index in [9.17, 15) is 9.59 Å². The van der Waals surface area contributed by atoms with Crippen LogP contribution in [-0.4, -0.2) is 37.4 Å². The monoisotopic (exact) mass is 322 g/mol. The van der Waals surface area contributed by atoms with Crippen LogP contribution in [0, 0.1) is 23.2 Å². The first-order chi connectivity index (χ1) is 10.8. The van der Waals surface area contributed by atoms with Gasteiger partial charge in [-0.3, -0.25) is 4.79 Å². The summed E-state index contributed by atoms with van der Waals surface area (Å²) >= 11 is 0. The summed E-state index contributed by atoms with van der Waals surface area (Å²) in [6.07, 6.45) is 5.43. The molecule has 1 spiro atoms. The first kappa shape index (κ1) is 16.7. The van der Waals surface area contributed by atoms with Gasteiger partial charge in [-0.25, -0.2) is 4.79 Å². The van der Waals surface area contributed by atoms with E-state index in [0.29, 0.717) is 13.0 Å². The Kier molecular flexibility index (Phi) is 4.13. The zero-order valence-electron chi connectivity index (χ0n) is 14.3. The standard InChI is InChI=1S/C18H26O5/c1-11-12(6-7-15(20)21-4)18-8-5-9-22-16(18)23-17(2,3)14(18)10-13(11)19/h6-7,11-12,14,16H,5,8-10H2,1-4H3/b7-6+/t11-,12+,14+,16+,18+/m1/s1. The fraction of sp³-hybridized carbons (Fsp3) is 0.778. The largest absolute Gasteiger partial charge is 0.466 e. The number of esters is 1. The van der Waals surface area contributed by atoms with E-state index in [4.69, 9.17) is 14.2 Å². The van der Waals surface area contributed by atoms with Crippen molar-refractivity contribution in [3.05, 3.63) is 12.2 Å². The fourth-order valence-electron chi connectivity index (χ4n) is 4.97. The molecule has 23 heavy (non-hydrogen) atoms. The molecular formula is C18H26O5. The van der Waals surface area contributed by atoms with Gasteiger partial charge < -0.3 is 14.2 Å². The third-order valence-electron chi connectivity index (χ3n) is 6.07. The van der Waals surface area contributed by atoms with Gasteiger partial charge in [-0.05, 0) is 32.6 Å². The molecule has 0 radical (unpaired) electrons. The average Bonchev–Trinajstić information content (AvgIpc) is 2.75. The van der Waals surface area contributed by atoms with E-state index in [2.05, 4.69) is 0 Å². The maximum Gasteiger partial charge on any atom is 0.330 e. The third-order valence-corrected chi connectivity index (χ3v) is 6.07. The second-order valence-corrected chi connectivity index (χ2v) is 7.56. The van der Waals surface area contributed by atoms with Crippen LogP contribution in [0.15, 0.2) is 12.2 Å². The SMILES string of the molecule is COC(=O)/C=C/[C@H]1[C@@H](C)C(=O)C[C@H]2C(C)(C)O[C@@H]3OCCC[C@]312. The van der Waals surface area contributed by atoms with Gasteiger partial charge in [-0.1, -0.05) is 13.0 Å². The summed E-state index contributed by atoms with van der Waals surface area (Å²) in [5.74, 6) is -0.261. The number of ether oxygens (including phenoxy) is 3. The third kappa shape index (κ3) is 2.45. The van der Waals surface area contributed by atoms with Crippen molar-refractivity contribution in [2.75, 3.05) is 13.7 Å². The molecule has 3 aliphatic rings. The number of methoxy groups -OCH3 is 1. The molecule has 2 saturated heterocycles. The second kappa shape index (κ2) is 5.71. The molecule has 0 aromatic carbocycles. The first-order valence-electron chi connectivity index (χ1n) is 8.41. The van der Waals surface area contributed by atoms with Crippen LogP contribution in [-0.2, 0) is 23.8 Å². The molecule has 1 aliphatic carbocycles. The quantitative estimate of drug-likeness (QED) is 0.577. The van der Waals surface area contributed by atoms with E-state index in [1.165, 1.54) is 13.2 Å². The van der Waals surface area contributed by atoms with E-state index in [1.54, 1.807) is 0 Å². The Morgan fingerprint density at radius 3 is 2.83 bits per heavy atom. The van der Waals surface area contributed by atoms with Gasteiger partial charge in [0.2, 0.25) is 0 Å². The Bertz CT molecular complexity index is 538. The van der Waals surface area contributed by atoms with Crippen molar-refractivity contribution >= 4 is 11.8 Å². The molecule has 3 fully saturated rings. The number of hydrogen-bond donors (Lipinski definition) is 0. The van der Waals surface area contributed by atoms with Crippen LogP contribution in [0.2, 0.25) is 0 Å². The van der Waals surface area contributed by atoms with Crippen molar-refractivity contribution in [1.82, 2.24) is 0 Å². The van der Waals surface area contributed by atoms with Crippen LogP contribution < -0.4 is 0 Å². The van der Waals surface area contributed by atoms with Crippen molar-refractivity contribution in [2.24, 2.45) is 23.2 Å². The minimum atomic E-state index is -0.401. The molecule has 0 unspecified atom stereocenters. The number of rotatable bonds is 2. The van der Waals surface area contributed by atoms with Gasteiger partial charge in [0.05, 0.1) is 12.7 Å². The zero-order valence-corrected chi connectivity index (χ0v) is 14.3. The highest BCUT2D eigenvalue weighted by Gasteiger charge is 2.67. The molecule has 0 aromatic heterocycles. The number of carbonyl (C=O) groups excluding carboxylic acids is 2. The maximum atomic E-state index is 12.6. The highest BCUT2D eigenvalue weighted by atomic mass is 16.7. The lowest BCUT2D eigenvalue weighted by molar-refractivity contribution is -0.222. The summed E-state index contributed by atoms with van der Waals surface area (Å²) in [7, 11) is 1.36. The molecule has 3 rings (SSSR count). The molecule has 5 heteroatoms. The number of hydrogen-bond acceptors (Lipinski definition) is 5. The van der Waals surface area contributed by atoms with Crippen LogP contribution >= 0.6 is 0 Å². The lowest BCUT2D eigenvalue weighted by atomic mass is 9.52. The van der Waals surface area contributed by atoms with Gasteiger partial charge in [0.1, 0.15) is 5.78 Å². The fourth-order valence-corrected chi connectivity index (χ4v) is 4.97. The van der Waals surface area contributed by atoms with Gasteiger partial charge in [0, 0.05) is 36.4 Å². The van der Waals surface area contributed by atoms with E-state index < -0.39 is 11.6 Å². The van der Waals surface area contributed by atoms with Crippen molar-refractivity contribution < 1.29 is 23.8 Å². The summed E-state index contributed by atoms with van der Waals surface area (Å²) in [6, 6.07) is 0. The Hall–Kier alpha value is -1.20. The van der Waals surface area contributed by atoms with Crippen molar-refractivity contribution in [3.63, 3.8) is 0 Å². The highest BCUT2D eigenvalue weighted by molar-refractivity contribution is 5.84. The van der Waals surface area contributed by atoms with Crippen LogP contribution in [0.25, 0.3) is 0 Å².